The van der Waals surface area contributed by atoms with E-state index in [1.165, 1.54) is 19.2 Å². The lowest BCUT2D eigenvalue weighted by atomic mass is 10.0. The number of urea groups is 1. The van der Waals surface area contributed by atoms with Crippen LogP contribution in [-0.2, 0) is 12.7 Å². The predicted octanol–water partition coefficient (Wildman–Crippen LogP) is 3.82. The molecule has 0 fully saturated rings. The summed E-state index contributed by atoms with van der Waals surface area (Å²) in [5, 5.41) is 5.19. The zero-order valence-corrected chi connectivity index (χ0v) is 17.3. The molecular weight excluding hydrogens is 399 g/mol. The van der Waals surface area contributed by atoms with E-state index in [9.17, 15) is 18.0 Å². The van der Waals surface area contributed by atoms with Crippen molar-refractivity contribution < 1.29 is 27.4 Å². The molecule has 0 radical (unpaired) electrons. The number of hydrogen-bond acceptors (Lipinski definition) is 4. The number of halogens is 3. The second-order valence-electron chi connectivity index (χ2n) is 6.81. The number of para-hydroxylation sites is 1. The Balaban J connectivity index is 2.04. The van der Waals surface area contributed by atoms with E-state index in [1.54, 1.807) is 7.11 Å². The van der Waals surface area contributed by atoms with Gasteiger partial charge < -0.3 is 25.0 Å². The van der Waals surface area contributed by atoms with Gasteiger partial charge in [-0.3, -0.25) is 0 Å². The van der Waals surface area contributed by atoms with Crippen LogP contribution < -0.4 is 20.1 Å². The Kier molecular flexibility index (Phi) is 7.93. The summed E-state index contributed by atoms with van der Waals surface area (Å²) >= 11 is 0. The first-order valence-electron chi connectivity index (χ1n) is 9.22. The van der Waals surface area contributed by atoms with Crippen LogP contribution in [0.2, 0.25) is 0 Å². The van der Waals surface area contributed by atoms with Crippen molar-refractivity contribution in [3.63, 3.8) is 0 Å². The van der Waals surface area contributed by atoms with Gasteiger partial charge in [-0.05, 0) is 37.9 Å². The Morgan fingerprint density at radius 3 is 2.37 bits per heavy atom. The predicted molar refractivity (Wildman–Crippen MR) is 108 cm³/mol. The maximum absolute atomic E-state index is 13.3. The van der Waals surface area contributed by atoms with Crippen LogP contribution in [0, 0.1) is 0 Å². The van der Waals surface area contributed by atoms with Crippen molar-refractivity contribution in [3.8, 4) is 11.5 Å². The first-order valence-corrected chi connectivity index (χ1v) is 9.22. The average molecular weight is 425 g/mol. The van der Waals surface area contributed by atoms with Gasteiger partial charge in [-0.2, -0.15) is 13.2 Å². The van der Waals surface area contributed by atoms with Crippen LogP contribution in [0.5, 0.6) is 11.5 Å². The third-order valence-electron chi connectivity index (χ3n) is 4.64. The van der Waals surface area contributed by atoms with Crippen LogP contribution in [-0.4, -0.2) is 45.8 Å². The van der Waals surface area contributed by atoms with E-state index in [0.717, 1.165) is 11.6 Å². The van der Waals surface area contributed by atoms with Gasteiger partial charge in [0.2, 0.25) is 0 Å². The van der Waals surface area contributed by atoms with E-state index in [1.807, 2.05) is 43.3 Å². The molecule has 0 saturated heterocycles. The molecule has 2 rings (SSSR count). The Labute approximate surface area is 174 Å². The molecule has 2 aromatic carbocycles. The van der Waals surface area contributed by atoms with Crippen molar-refractivity contribution in [2.45, 2.75) is 18.8 Å². The summed E-state index contributed by atoms with van der Waals surface area (Å²) in [5.41, 5.74) is -0.00510. The molecule has 30 heavy (non-hydrogen) atoms. The van der Waals surface area contributed by atoms with Crippen LogP contribution in [0.4, 0.5) is 18.0 Å². The van der Waals surface area contributed by atoms with E-state index in [2.05, 4.69) is 10.6 Å². The molecule has 1 atom stereocenters. The van der Waals surface area contributed by atoms with Crippen molar-refractivity contribution >= 4 is 6.03 Å². The maximum atomic E-state index is 13.3. The Morgan fingerprint density at radius 2 is 1.77 bits per heavy atom. The summed E-state index contributed by atoms with van der Waals surface area (Å²) in [6, 6.07) is 10.3. The van der Waals surface area contributed by atoms with Gasteiger partial charge in [0.15, 0.2) is 0 Å². The van der Waals surface area contributed by atoms with Crippen molar-refractivity contribution in [1.29, 1.82) is 0 Å². The minimum absolute atomic E-state index is 0.0488. The van der Waals surface area contributed by atoms with E-state index >= 15 is 0 Å². The summed E-state index contributed by atoms with van der Waals surface area (Å²) in [5.74, 6) is 0.785. The number of carbonyl (C=O) groups is 1. The van der Waals surface area contributed by atoms with Crippen LogP contribution >= 0.6 is 0 Å². The standard InChI is InChI=1S/C21H26F3N3O3/c1-27(2)18(16-7-5-6-8-19(16)30-4)13-26-20(28)25-12-14-9-10-15(29-3)11-17(14)21(22,23)24/h5-11,18H,12-13H2,1-4H3,(H2,25,26,28). The highest BCUT2D eigenvalue weighted by atomic mass is 19.4. The van der Waals surface area contributed by atoms with Gasteiger partial charge in [0.05, 0.1) is 25.8 Å². The largest absolute Gasteiger partial charge is 0.497 e. The molecule has 2 N–H and O–H groups in total. The highest BCUT2D eigenvalue weighted by Crippen LogP contribution is 2.34. The second kappa shape index (κ2) is 10.2. The number of benzene rings is 2. The van der Waals surface area contributed by atoms with Gasteiger partial charge in [-0.1, -0.05) is 24.3 Å². The third kappa shape index (κ3) is 6.03. The first-order chi connectivity index (χ1) is 14.2. The van der Waals surface area contributed by atoms with E-state index < -0.39 is 17.8 Å². The fraction of sp³-hybridized carbons (Fsp3) is 0.381. The average Bonchev–Trinajstić information content (AvgIpc) is 2.71. The lowest BCUT2D eigenvalue weighted by Crippen LogP contribution is -2.40. The zero-order valence-electron chi connectivity index (χ0n) is 17.3. The van der Waals surface area contributed by atoms with Crippen molar-refractivity contribution in [1.82, 2.24) is 15.5 Å². The van der Waals surface area contributed by atoms with Gasteiger partial charge in [-0.15, -0.1) is 0 Å². The number of nitrogens with one attached hydrogen (secondary N) is 2. The first kappa shape index (κ1) is 23.3. The van der Waals surface area contributed by atoms with Gasteiger partial charge in [0.1, 0.15) is 11.5 Å². The Morgan fingerprint density at radius 1 is 1.07 bits per heavy atom. The monoisotopic (exact) mass is 425 g/mol. The molecule has 9 heteroatoms. The minimum Gasteiger partial charge on any atom is -0.497 e. The quantitative estimate of drug-likeness (QED) is 0.675. The minimum atomic E-state index is -4.55. The number of carbonyl (C=O) groups excluding carboxylic acids is 1. The molecule has 0 aliphatic heterocycles. The van der Waals surface area contributed by atoms with Crippen LogP contribution in [0.15, 0.2) is 42.5 Å². The number of methoxy groups -OCH3 is 2. The zero-order chi connectivity index (χ0) is 22.3. The van der Waals surface area contributed by atoms with Crippen molar-refractivity contribution in [3.05, 3.63) is 59.2 Å². The van der Waals surface area contributed by atoms with E-state index in [4.69, 9.17) is 9.47 Å². The number of amides is 2. The number of rotatable bonds is 8. The van der Waals surface area contributed by atoms with Crippen LogP contribution in [0.25, 0.3) is 0 Å². The summed E-state index contributed by atoms with van der Waals surface area (Å²) in [7, 11) is 6.59. The van der Waals surface area contributed by atoms with Crippen LogP contribution in [0.1, 0.15) is 22.7 Å². The van der Waals surface area contributed by atoms with Gasteiger partial charge in [0, 0.05) is 18.7 Å². The number of ether oxygens (including phenoxy) is 2. The molecule has 0 aliphatic carbocycles. The van der Waals surface area contributed by atoms with Gasteiger partial charge in [0.25, 0.3) is 0 Å². The van der Waals surface area contributed by atoms with Crippen molar-refractivity contribution in [2.24, 2.45) is 0 Å². The SMILES string of the molecule is COc1ccc(CNC(=O)NCC(c2ccccc2OC)N(C)C)c(C(F)(F)F)c1. The summed E-state index contributed by atoms with van der Waals surface area (Å²) in [4.78, 5) is 14.2. The molecule has 164 valence electrons. The van der Waals surface area contributed by atoms with Crippen molar-refractivity contribution in [2.75, 3.05) is 34.9 Å². The number of nitrogens with zero attached hydrogens (tertiary/aromatic N) is 1. The molecule has 0 bridgehead atoms. The topological polar surface area (TPSA) is 62.8 Å². The molecule has 0 aromatic heterocycles. The third-order valence-corrected chi connectivity index (χ3v) is 4.64. The molecular formula is C21H26F3N3O3. The number of hydrogen-bond donors (Lipinski definition) is 2. The lowest BCUT2D eigenvalue weighted by molar-refractivity contribution is -0.138. The fourth-order valence-corrected chi connectivity index (χ4v) is 3.04. The summed E-state index contributed by atoms with van der Waals surface area (Å²) in [6.45, 7) is -0.0279. The fourth-order valence-electron chi connectivity index (χ4n) is 3.04. The Hall–Kier alpha value is -2.94. The molecule has 0 aliphatic rings. The highest BCUT2D eigenvalue weighted by molar-refractivity contribution is 5.74. The lowest BCUT2D eigenvalue weighted by Gasteiger charge is -2.26. The molecule has 2 aromatic rings. The smallest absolute Gasteiger partial charge is 0.416 e. The second-order valence-corrected chi connectivity index (χ2v) is 6.81. The summed E-state index contributed by atoms with van der Waals surface area (Å²) in [6.07, 6.45) is -4.55. The summed E-state index contributed by atoms with van der Waals surface area (Å²) < 4.78 is 50.1. The number of likely N-dealkylation sites (N-methyl/N-ethyl adjacent to an activating group) is 1. The molecule has 0 saturated carbocycles. The molecule has 1 unspecified atom stereocenters. The van der Waals surface area contributed by atoms with Gasteiger partial charge >= 0.3 is 12.2 Å². The van der Waals surface area contributed by atoms with Crippen LogP contribution in [0.3, 0.4) is 0 Å². The number of alkyl halides is 3. The molecule has 0 heterocycles. The highest BCUT2D eigenvalue weighted by Gasteiger charge is 2.33. The van der Waals surface area contributed by atoms with E-state index in [-0.39, 0.29) is 30.4 Å². The molecule has 6 nitrogen and oxygen atoms in total. The molecule has 0 spiro atoms. The molecule has 2 amide bonds. The van der Waals surface area contributed by atoms with E-state index in [0.29, 0.717) is 5.75 Å². The maximum Gasteiger partial charge on any atom is 0.416 e. The van der Waals surface area contributed by atoms with Gasteiger partial charge in [-0.25, -0.2) is 4.79 Å². The Bertz CT molecular complexity index is 857. The normalized spacial score (nSPS) is 12.4.